The van der Waals surface area contributed by atoms with Gasteiger partial charge in [-0.15, -0.1) is 0 Å². The minimum atomic E-state index is -0.321. The second-order valence-electron chi connectivity index (χ2n) is 8.21. The van der Waals surface area contributed by atoms with Gasteiger partial charge in [-0.25, -0.2) is 4.98 Å². The van der Waals surface area contributed by atoms with Gasteiger partial charge < -0.3 is 19.6 Å². The molecule has 158 valence electrons. The first kappa shape index (κ1) is 20.4. The summed E-state index contributed by atoms with van der Waals surface area (Å²) in [6.45, 7) is 6.28. The smallest absolute Gasteiger partial charge is 0.262 e. The fourth-order valence-corrected chi connectivity index (χ4v) is 3.08. The van der Waals surface area contributed by atoms with Crippen molar-refractivity contribution in [1.29, 1.82) is 0 Å². The van der Waals surface area contributed by atoms with Crippen molar-refractivity contribution in [2.75, 3.05) is 11.9 Å². The van der Waals surface area contributed by atoms with E-state index in [1.165, 1.54) is 11.6 Å². The first-order valence-corrected chi connectivity index (χ1v) is 9.87. The van der Waals surface area contributed by atoms with Crippen LogP contribution in [0, 0.1) is 0 Å². The number of oxazole rings is 1. The molecule has 0 spiro atoms. The molecule has 0 saturated heterocycles. The molecule has 2 heterocycles. The number of ether oxygens (including phenoxy) is 1. The van der Waals surface area contributed by atoms with E-state index in [0.717, 1.165) is 0 Å². The number of benzene rings is 2. The molecular weight excluding hydrogens is 394 g/mol. The zero-order valence-corrected chi connectivity index (χ0v) is 17.5. The van der Waals surface area contributed by atoms with E-state index in [1.807, 2.05) is 24.3 Å². The molecule has 0 saturated carbocycles. The van der Waals surface area contributed by atoms with Gasteiger partial charge in [0.2, 0.25) is 5.89 Å². The Kier molecular flexibility index (Phi) is 5.33. The molecule has 4 aromatic rings. The van der Waals surface area contributed by atoms with Crippen LogP contribution in [0.15, 0.2) is 65.3 Å². The molecule has 0 atom stereocenters. The third-order valence-electron chi connectivity index (χ3n) is 4.79. The van der Waals surface area contributed by atoms with Gasteiger partial charge in [-0.1, -0.05) is 32.9 Å². The Bertz CT molecular complexity index is 1190. The number of hydrogen-bond donors (Lipinski definition) is 2. The summed E-state index contributed by atoms with van der Waals surface area (Å²) < 4.78 is 11.3. The zero-order valence-electron chi connectivity index (χ0n) is 17.5. The van der Waals surface area contributed by atoms with Gasteiger partial charge in [-0.2, -0.15) is 0 Å². The maximum Gasteiger partial charge on any atom is 0.262 e. The van der Waals surface area contributed by atoms with Crippen LogP contribution in [0.3, 0.4) is 0 Å². The first-order chi connectivity index (χ1) is 14.8. The number of fused-ring (bicyclic) bond motifs is 1. The van der Waals surface area contributed by atoms with Crippen LogP contribution in [0.4, 0.5) is 5.69 Å². The normalized spacial score (nSPS) is 11.5. The number of hydrogen-bond acceptors (Lipinski definition) is 6. The lowest BCUT2D eigenvalue weighted by Crippen LogP contribution is -2.20. The molecule has 0 aliphatic rings. The Morgan fingerprint density at radius 3 is 2.61 bits per heavy atom. The average Bonchev–Trinajstić information content (AvgIpc) is 3.17. The summed E-state index contributed by atoms with van der Waals surface area (Å²) in [6, 6.07) is 14.1. The molecule has 0 unspecified atom stereocenters. The lowest BCUT2D eigenvalue weighted by molar-refractivity contribution is -0.118. The summed E-state index contributed by atoms with van der Waals surface area (Å²) in [6.07, 6.45) is 3.18. The monoisotopic (exact) mass is 417 g/mol. The van der Waals surface area contributed by atoms with Gasteiger partial charge in [0.05, 0.1) is 11.8 Å². The molecule has 0 fully saturated rings. The third-order valence-corrected chi connectivity index (χ3v) is 4.79. The van der Waals surface area contributed by atoms with Crippen molar-refractivity contribution in [2.24, 2.45) is 0 Å². The topological polar surface area (TPSA) is 97.5 Å². The second kappa shape index (κ2) is 8.10. The van der Waals surface area contributed by atoms with Crippen LogP contribution in [-0.2, 0) is 10.2 Å². The number of aromatic nitrogens is 2. The van der Waals surface area contributed by atoms with Crippen molar-refractivity contribution >= 4 is 22.7 Å². The minimum Gasteiger partial charge on any atom is -0.507 e. The van der Waals surface area contributed by atoms with E-state index in [4.69, 9.17) is 9.15 Å². The van der Waals surface area contributed by atoms with E-state index < -0.39 is 0 Å². The van der Waals surface area contributed by atoms with Crippen LogP contribution in [-0.4, -0.2) is 27.6 Å². The lowest BCUT2D eigenvalue weighted by atomic mass is 9.87. The third kappa shape index (κ3) is 4.66. The van der Waals surface area contributed by atoms with E-state index in [1.54, 1.807) is 30.6 Å². The van der Waals surface area contributed by atoms with Crippen molar-refractivity contribution in [3.05, 3.63) is 66.5 Å². The molecule has 7 heteroatoms. The van der Waals surface area contributed by atoms with E-state index in [9.17, 15) is 9.90 Å². The molecule has 4 rings (SSSR count). The molecule has 31 heavy (non-hydrogen) atoms. The van der Waals surface area contributed by atoms with E-state index in [0.29, 0.717) is 28.1 Å². The van der Waals surface area contributed by atoms with E-state index in [2.05, 4.69) is 36.1 Å². The van der Waals surface area contributed by atoms with Gasteiger partial charge in [0.1, 0.15) is 17.0 Å². The Hall–Kier alpha value is -3.87. The number of nitrogens with zero attached hydrogens (tertiary/aromatic N) is 2. The summed E-state index contributed by atoms with van der Waals surface area (Å²) >= 11 is 0. The van der Waals surface area contributed by atoms with Crippen LogP contribution < -0.4 is 10.1 Å². The molecule has 2 aromatic heterocycles. The Morgan fingerprint density at radius 2 is 1.90 bits per heavy atom. The quantitative estimate of drug-likeness (QED) is 0.448. The molecule has 0 aliphatic carbocycles. The van der Waals surface area contributed by atoms with Crippen LogP contribution >= 0.6 is 0 Å². The standard InChI is InChI=1S/C24H23N3O4/c1-24(2,3)15-4-7-17(8-5-15)30-14-22(29)26-16-6-9-20(28)18(12-16)23-27-19-13-25-11-10-21(19)31-23/h4-13,28H,14H2,1-3H3,(H,26,29). The number of nitrogens with one attached hydrogen (secondary N) is 1. The fourth-order valence-electron chi connectivity index (χ4n) is 3.08. The number of phenols is 1. The number of aromatic hydroxyl groups is 1. The molecule has 0 radical (unpaired) electrons. The highest BCUT2D eigenvalue weighted by Crippen LogP contribution is 2.33. The largest absolute Gasteiger partial charge is 0.507 e. The Labute approximate surface area is 179 Å². The van der Waals surface area contributed by atoms with Gasteiger partial charge in [0.15, 0.2) is 12.2 Å². The van der Waals surface area contributed by atoms with Gasteiger partial charge in [0, 0.05) is 18.0 Å². The predicted molar refractivity (Wildman–Crippen MR) is 118 cm³/mol. The molecule has 0 aliphatic heterocycles. The summed E-state index contributed by atoms with van der Waals surface area (Å²) in [4.78, 5) is 20.7. The number of amides is 1. The number of anilines is 1. The second-order valence-corrected chi connectivity index (χ2v) is 8.21. The highest BCUT2D eigenvalue weighted by Gasteiger charge is 2.15. The summed E-state index contributed by atoms with van der Waals surface area (Å²) in [5.74, 6) is 0.535. The number of rotatable bonds is 5. The maximum atomic E-state index is 12.3. The molecule has 2 N–H and O–H groups in total. The van der Waals surface area contributed by atoms with Gasteiger partial charge >= 0.3 is 0 Å². The van der Waals surface area contributed by atoms with Gasteiger partial charge in [0.25, 0.3) is 5.91 Å². The highest BCUT2D eigenvalue weighted by atomic mass is 16.5. The molecule has 2 aromatic carbocycles. The number of carbonyl (C=O) groups is 1. The van der Waals surface area contributed by atoms with Crippen molar-refractivity contribution in [3.8, 4) is 23.0 Å². The summed E-state index contributed by atoms with van der Waals surface area (Å²) in [5.41, 5.74) is 3.24. The highest BCUT2D eigenvalue weighted by molar-refractivity contribution is 5.93. The summed E-state index contributed by atoms with van der Waals surface area (Å²) in [7, 11) is 0. The minimum absolute atomic E-state index is 0.00676. The van der Waals surface area contributed by atoms with Gasteiger partial charge in [-0.3, -0.25) is 9.78 Å². The molecular formula is C24H23N3O4. The van der Waals surface area contributed by atoms with Crippen LogP contribution in [0.5, 0.6) is 11.5 Å². The Morgan fingerprint density at radius 1 is 1.13 bits per heavy atom. The van der Waals surface area contributed by atoms with Crippen molar-refractivity contribution in [2.45, 2.75) is 26.2 Å². The maximum absolute atomic E-state index is 12.3. The average molecular weight is 417 g/mol. The molecule has 0 bridgehead atoms. The number of carbonyl (C=O) groups excluding carboxylic acids is 1. The van der Waals surface area contributed by atoms with Crippen LogP contribution in [0.25, 0.3) is 22.6 Å². The van der Waals surface area contributed by atoms with E-state index in [-0.39, 0.29) is 29.6 Å². The number of phenolic OH excluding ortho intramolecular Hbond substituents is 1. The van der Waals surface area contributed by atoms with Gasteiger partial charge in [-0.05, 0) is 41.3 Å². The molecule has 7 nitrogen and oxygen atoms in total. The van der Waals surface area contributed by atoms with Crippen LogP contribution in [0.2, 0.25) is 0 Å². The molecule has 1 amide bonds. The van der Waals surface area contributed by atoms with E-state index >= 15 is 0 Å². The number of pyridine rings is 1. The van der Waals surface area contributed by atoms with Crippen molar-refractivity contribution in [1.82, 2.24) is 9.97 Å². The fraction of sp³-hybridized carbons (Fsp3) is 0.208. The lowest BCUT2D eigenvalue weighted by Gasteiger charge is -2.19. The SMILES string of the molecule is CC(C)(C)c1ccc(OCC(=O)Nc2ccc(O)c(-c3nc4cnccc4o3)c2)cc1. The van der Waals surface area contributed by atoms with Crippen LogP contribution in [0.1, 0.15) is 26.3 Å². The summed E-state index contributed by atoms with van der Waals surface area (Å²) in [5, 5.41) is 13.0. The zero-order chi connectivity index (χ0) is 22.0. The Balaban J connectivity index is 1.43. The predicted octanol–water partition coefficient (Wildman–Crippen LogP) is 4.91. The van der Waals surface area contributed by atoms with Crippen molar-refractivity contribution < 1.29 is 19.1 Å². The van der Waals surface area contributed by atoms with Crippen molar-refractivity contribution in [3.63, 3.8) is 0 Å². The first-order valence-electron chi connectivity index (χ1n) is 9.87.